The van der Waals surface area contributed by atoms with Gasteiger partial charge in [-0.15, -0.1) is 0 Å². The lowest BCUT2D eigenvalue weighted by molar-refractivity contribution is -0.162. The Kier molecular flexibility index (Phi) is 3.42. The van der Waals surface area contributed by atoms with Crippen molar-refractivity contribution in [1.29, 1.82) is 0 Å². The van der Waals surface area contributed by atoms with Crippen molar-refractivity contribution < 1.29 is 33.8 Å². The number of hydrogen-bond donors (Lipinski definition) is 2. The molecule has 3 aliphatic rings. The highest BCUT2D eigenvalue weighted by Gasteiger charge is 2.75. The van der Waals surface area contributed by atoms with Gasteiger partial charge in [-0.05, 0) is 19.8 Å². The molecule has 0 spiro atoms. The largest absolute Gasteiger partial charge is 0.480 e. The molecule has 1 saturated heterocycles. The number of carbonyl (C=O) groups excluding carboxylic acids is 3. The molecule has 0 radical (unpaired) electrons. The summed E-state index contributed by atoms with van der Waals surface area (Å²) >= 11 is 0. The van der Waals surface area contributed by atoms with Gasteiger partial charge in [0.25, 0.3) is 0 Å². The van der Waals surface area contributed by atoms with Gasteiger partial charge in [-0.1, -0.05) is 6.58 Å². The molecule has 3 rings (SSSR count). The van der Waals surface area contributed by atoms with E-state index in [1.54, 1.807) is 0 Å². The van der Waals surface area contributed by atoms with Crippen LogP contribution in [0.25, 0.3) is 0 Å². The fourth-order valence-electron chi connectivity index (χ4n) is 3.94. The van der Waals surface area contributed by atoms with E-state index in [1.165, 1.54) is 6.92 Å². The summed E-state index contributed by atoms with van der Waals surface area (Å²) in [4.78, 5) is 46.7. The van der Waals surface area contributed by atoms with Gasteiger partial charge in [0.05, 0.1) is 0 Å². The molecule has 2 aliphatic carbocycles. The van der Waals surface area contributed by atoms with Crippen LogP contribution in [0.5, 0.6) is 0 Å². The summed E-state index contributed by atoms with van der Waals surface area (Å²) in [6, 6.07) is 0. The zero-order valence-corrected chi connectivity index (χ0v) is 12.5. The van der Waals surface area contributed by atoms with E-state index >= 15 is 0 Å². The second kappa shape index (κ2) is 5.07. The number of amides is 1. The van der Waals surface area contributed by atoms with Gasteiger partial charge in [-0.2, -0.15) is 0 Å². The predicted molar refractivity (Wildman–Crippen MR) is 73.9 cm³/mol. The van der Waals surface area contributed by atoms with E-state index in [-0.39, 0.29) is 24.5 Å². The molecule has 1 heterocycles. The summed E-state index contributed by atoms with van der Waals surface area (Å²) in [7, 11) is 0. The maximum Gasteiger partial charge on any atom is 0.325 e. The third-order valence-electron chi connectivity index (χ3n) is 5.00. The number of ether oxygens (including phenoxy) is 2. The molecule has 3 fully saturated rings. The minimum absolute atomic E-state index is 0.123. The SMILES string of the molecule is C=C(C)C(=O)NCC(=O)OC1C2CC3C1OC(=O)C3(C(=O)O)C2. The molecule has 5 unspecified atom stereocenters. The van der Waals surface area contributed by atoms with Crippen LogP contribution in [0.2, 0.25) is 0 Å². The van der Waals surface area contributed by atoms with Crippen LogP contribution in [-0.4, -0.2) is 47.7 Å². The molecular formula is C15H17NO7. The highest BCUT2D eigenvalue weighted by Crippen LogP contribution is 2.62. The number of carbonyl (C=O) groups is 4. The first-order chi connectivity index (χ1) is 10.8. The van der Waals surface area contributed by atoms with Crippen LogP contribution in [-0.2, 0) is 28.7 Å². The van der Waals surface area contributed by atoms with Crippen LogP contribution in [0.3, 0.4) is 0 Å². The fraction of sp³-hybridized carbons (Fsp3) is 0.600. The molecule has 124 valence electrons. The summed E-state index contributed by atoms with van der Waals surface area (Å²) in [6.07, 6.45) is -0.747. The molecule has 2 N–H and O–H groups in total. The van der Waals surface area contributed by atoms with Crippen LogP contribution in [0.1, 0.15) is 19.8 Å². The molecule has 2 saturated carbocycles. The van der Waals surface area contributed by atoms with Gasteiger partial charge >= 0.3 is 17.9 Å². The van der Waals surface area contributed by atoms with Gasteiger partial charge in [-0.3, -0.25) is 19.2 Å². The van der Waals surface area contributed by atoms with E-state index < -0.39 is 47.4 Å². The van der Waals surface area contributed by atoms with Crippen molar-refractivity contribution in [2.24, 2.45) is 17.3 Å². The van der Waals surface area contributed by atoms with Crippen molar-refractivity contribution in [2.75, 3.05) is 6.54 Å². The highest BCUT2D eigenvalue weighted by molar-refractivity contribution is 6.02. The number of esters is 2. The average molecular weight is 323 g/mol. The zero-order chi connectivity index (χ0) is 16.9. The van der Waals surface area contributed by atoms with Crippen molar-refractivity contribution in [3.63, 3.8) is 0 Å². The monoisotopic (exact) mass is 323 g/mol. The smallest absolute Gasteiger partial charge is 0.325 e. The molecule has 0 aromatic rings. The third kappa shape index (κ3) is 2.12. The van der Waals surface area contributed by atoms with Gasteiger partial charge in [0.2, 0.25) is 5.91 Å². The second-order valence-electron chi connectivity index (χ2n) is 6.37. The van der Waals surface area contributed by atoms with Gasteiger partial charge in [0.1, 0.15) is 18.8 Å². The molecule has 8 nitrogen and oxygen atoms in total. The number of aliphatic carboxylic acids is 1. The van der Waals surface area contributed by atoms with Crippen LogP contribution in [0.4, 0.5) is 0 Å². The Hall–Kier alpha value is -2.38. The highest BCUT2D eigenvalue weighted by atomic mass is 16.6. The van der Waals surface area contributed by atoms with E-state index in [4.69, 9.17) is 9.47 Å². The molecule has 1 amide bonds. The van der Waals surface area contributed by atoms with Crippen LogP contribution in [0.15, 0.2) is 12.2 Å². The summed E-state index contributed by atoms with van der Waals surface area (Å²) in [5, 5.41) is 11.7. The van der Waals surface area contributed by atoms with E-state index in [0.717, 1.165) is 0 Å². The molecule has 0 aromatic heterocycles. The Balaban J connectivity index is 1.64. The summed E-state index contributed by atoms with van der Waals surface area (Å²) < 4.78 is 10.5. The number of fused-ring (bicyclic) bond motifs is 1. The molecule has 2 bridgehead atoms. The number of carboxylic acid groups (broad SMARTS) is 1. The van der Waals surface area contributed by atoms with Crippen molar-refractivity contribution in [3.05, 3.63) is 12.2 Å². The number of rotatable bonds is 5. The lowest BCUT2D eigenvalue weighted by Gasteiger charge is -2.29. The summed E-state index contributed by atoms with van der Waals surface area (Å²) in [6.45, 7) is 4.65. The Bertz CT molecular complexity index is 627. The summed E-state index contributed by atoms with van der Waals surface area (Å²) in [5.74, 6) is -3.69. The van der Waals surface area contributed by atoms with E-state index in [0.29, 0.717) is 6.42 Å². The van der Waals surface area contributed by atoms with E-state index in [2.05, 4.69) is 11.9 Å². The van der Waals surface area contributed by atoms with E-state index in [1.807, 2.05) is 0 Å². The Morgan fingerprint density at radius 1 is 1.48 bits per heavy atom. The minimum Gasteiger partial charge on any atom is -0.480 e. The molecule has 5 atom stereocenters. The van der Waals surface area contributed by atoms with Gasteiger partial charge in [-0.25, -0.2) is 0 Å². The Labute approximate surface area is 131 Å². The molecule has 23 heavy (non-hydrogen) atoms. The topological polar surface area (TPSA) is 119 Å². The second-order valence-corrected chi connectivity index (χ2v) is 6.37. The normalized spacial score (nSPS) is 36.5. The Morgan fingerprint density at radius 3 is 2.78 bits per heavy atom. The van der Waals surface area contributed by atoms with Gasteiger partial charge in [0, 0.05) is 17.4 Å². The predicted octanol–water partition coefficient (Wildman–Crippen LogP) is -0.373. The fourth-order valence-corrected chi connectivity index (χ4v) is 3.94. The standard InChI is InChI=1S/C15H17NO7/c1-6(2)12(18)16-5-9(17)22-10-7-3-8-11(10)23-14(21)15(8,4-7)13(19)20/h7-8,10-11H,1,3-5H2,2H3,(H,16,18)(H,19,20). The van der Waals surface area contributed by atoms with Crippen molar-refractivity contribution in [1.82, 2.24) is 5.32 Å². The van der Waals surface area contributed by atoms with E-state index in [9.17, 15) is 24.3 Å². The minimum atomic E-state index is -1.48. The molecule has 1 aliphatic heterocycles. The summed E-state index contributed by atoms with van der Waals surface area (Å²) in [5.41, 5.74) is -1.21. The number of carboxylic acids is 1. The quantitative estimate of drug-likeness (QED) is 0.402. The average Bonchev–Trinajstić information content (AvgIpc) is 3.06. The zero-order valence-electron chi connectivity index (χ0n) is 12.5. The lowest BCUT2D eigenvalue weighted by atomic mass is 9.73. The van der Waals surface area contributed by atoms with Crippen LogP contribution >= 0.6 is 0 Å². The number of nitrogens with one attached hydrogen (secondary N) is 1. The first-order valence-electron chi connectivity index (χ1n) is 7.35. The maximum absolute atomic E-state index is 12.0. The van der Waals surface area contributed by atoms with Gasteiger partial charge < -0.3 is 19.9 Å². The Morgan fingerprint density at radius 2 is 2.17 bits per heavy atom. The molecule has 8 heteroatoms. The van der Waals surface area contributed by atoms with Crippen LogP contribution < -0.4 is 5.32 Å². The maximum atomic E-state index is 12.0. The van der Waals surface area contributed by atoms with Crippen LogP contribution in [0, 0.1) is 17.3 Å². The van der Waals surface area contributed by atoms with Gasteiger partial charge in [0.15, 0.2) is 5.41 Å². The third-order valence-corrected chi connectivity index (χ3v) is 5.00. The molecular weight excluding hydrogens is 306 g/mol. The first-order valence-corrected chi connectivity index (χ1v) is 7.35. The molecule has 0 aromatic carbocycles. The lowest BCUT2D eigenvalue weighted by Crippen LogP contribution is -2.45. The first kappa shape index (κ1) is 15.5. The van der Waals surface area contributed by atoms with Crippen molar-refractivity contribution in [2.45, 2.75) is 32.0 Å². The number of hydrogen-bond acceptors (Lipinski definition) is 6. The van der Waals surface area contributed by atoms with Crippen molar-refractivity contribution in [3.8, 4) is 0 Å². The van der Waals surface area contributed by atoms with Crippen molar-refractivity contribution >= 4 is 23.8 Å².